The summed E-state index contributed by atoms with van der Waals surface area (Å²) in [6.07, 6.45) is 0.583. The van der Waals surface area contributed by atoms with Crippen LogP contribution in [-0.2, 0) is 4.79 Å². The van der Waals surface area contributed by atoms with E-state index < -0.39 is 0 Å². The number of rotatable bonds is 0. The largest absolute Gasteiger partial charge is 0.394 e. The van der Waals surface area contributed by atoms with Gasteiger partial charge in [0.25, 0.3) is 0 Å². The number of carbonyl (C=O) groups is 1. The molecule has 0 aliphatic heterocycles. The maximum absolute atomic E-state index is 8.81. The second-order valence-electron chi connectivity index (χ2n) is 3.06. The van der Waals surface area contributed by atoms with Crippen LogP contribution >= 0.6 is 0 Å². The molecule has 1 N–H and O–H groups in total. The Morgan fingerprint density at radius 3 is 0.395 bits per heavy atom. The molecule has 0 bridgehead atoms. The molecular weight excluding hydrogens is 460 g/mol. The van der Waals surface area contributed by atoms with Gasteiger partial charge in [0.1, 0.15) is 6.29 Å². The molecule has 0 saturated heterocycles. The average molecular weight is 556 g/mol. The quantitative estimate of drug-likeness (QED) is 0.238. The lowest BCUT2D eigenvalue weighted by Gasteiger charge is -1.80. The van der Waals surface area contributed by atoms with E-state index in [4.69, 9.17) is 9.90 Å². The van der Waals surface area contributed by atoms with Gasteiger partial charge < -0.3 is 9.90 Å². The highest BCUT2D eigenvalue weighted by Gasteiger charge is 1.69. The maximum atomic E-state index is 8.81. The number of aliphatic hydroxyl groups excluding tert-OH is 1. The van der Waals surface area contributed by atoms with Gasteiger partial charge in [-0.2, -0.15) is 0 Å². The van der Waals surface area contributed by atoms with Gasteiger partial charge in [0, 0.05) is 39.8 Å². The third kappa shape index (κ3) is 3590000. The van der Waals surface area contributed by atoms with Gasteiger partial charge in [0.2, 0.25) is 0 Å². The Morgan fingerprint density at radius 1 is 0.395 bits per heavy atom. The van der Waals surface area contributed by atoms with E-state index in [0.717, 1.165) is 12.2 Å². The Morgan fingerprint density at radius 2 is 0.395 bits per heavy atom. The molecule has 0 saturated carbocycles. The van der Waals surface area contributed by atoms with E-state index >= 15 is 0 Å². The maximum Gasteiger partial charge on any atom is 0.116 e. The molecule has 0 aliphatic rings. The van der Waals surface area contributed by atoms with Crippen LogP contribution in [0.25, 0.3) is 0 Å². The zero-order valence-electron chi connectivity index (χ0n) is 28.9. The van der Waals surface area contributed by atoms with Gasteiger partial charge in [-0.25, -0.2) is 0 Å². The summed E-state index contributed by atoms with van der Waals surface area (Å²) < 4.78 is 0. The molecule has 0 atom stereocenters. The SMILES string of the molecule is C.C.C.C.C.CC.CC.CC.CC.CC.CC.CC.CC.CC.CC(C)C.CC(C)O.CC=O.[B].[B].[B].[B]. The standard InChI is InChI=1S/C4H10.C3H8O.C2H4O.9C2H6.5CH4.4B/c1-4(2)3;1-3(2)4;1-2-3;9*1-2;;;;;;;;;/h4H,1-3H3;3-4H,1-2H3;2H,1H3;9*1-2H3;5*1H4;;;;. The van der Waals surface area contributed by atoms with Crippen LogP contribution in [0.5, 0.6) is 0 Å². The number of carbonyl (C=O) groups excluding carboxylic acids is 1. The van der Waals surface area contributed by atoms with E-state index in [1.54, 1.807) is 13.8 Å². The lowest BCUT2D eigenvalue weighted by Crippen LogP contribution is -1.85. The van der Waals surface area contributed by atoms with Gasteiger partial charge in [-0.15, -0.1) is 0 Å². The van der Waals surface area contributed by atoms with Crippen LogP contribution < -0.4 is 0 Å². The first-order valence-electron chi connectivity index (χ1n) is 13.0. The van der Waals surface area contributed by atoms with Gasteiger partial charge >= 0.3 is 0 Å². The summed E-state index contributed by atoms with van der Waals surface area (Å²) in [5, 5.41) is 8.06. The van der Waals surface area contributed by atoms with E-state index in [0.29, 0.717) is 0 Å². The van der Waals surface area contributed by atoms with Gasteiger partial charge in [0.15, 0.2) is 0 Å². The van der Waals surface area contributed by atoms with E-state index in [9.17, 15) is 0 Å². The third-order valence-corrected chi connectivity index (χ3v) is 0. The summed E-state index contributed by atoms with van der Waals surface area (Å²) in [4.78, 5) is 8.81. The van der Waals surface area contributed by atoms with Crippen molar-refractivity contribution in [1.82, 2.24) is 0 Å². The zero-order chi connectivity index (χ0) is 27.9. The van der Waals surface area contributed by atoms with Crippen LogP contribution in [0.1, 0.15) is 203 Å². The number of aldehydes is 1. The first-order chi connectivity index (χ1) is 13.9. The van der Waals surface area contributed by atoms with E-state index in [1.165, 1.54) is 6.92 Å². The van der Waals surface area contributed by atoms with Gasteiger partial charge in [0.05, 0.1) is 0 Å². The molecule has 0 amide bonds. The fraction of sp³-hybridized carbons (Fsp3) is 0.969. The van der Waals surface area contributed by atoms with Crippen LogP contribution in [0.4, 0.5) is 0 Å². The van der Waals surface area contributed by atoms with Crippen molar-refractivity contribution in [2.24, 2.45) is 5.92 Å². The molecule has 0 aliphatic carbocycles. The Bertz CT molecular complexity index is 69.0. The second kappa shape index (κ2) is 1000. The topological polar surface area (TPSA) is 37.3 Å². The summed E-state index contributed by atoms with van der Waals surface area (Å²) in [5.41, 5.74) is 0. The first-order valence-corrected chi connectivity index (χ1v) is 13.0. The highest BCUT2D eigenvalue weighted by molar-refractivity contribution is 5.76. The van der Waals surface area contributed by atoms with Crippen LogP contribution in [0.15, 0.2) is 0 Å². The van der Waals surface area contributed by atoms with Crippen molar-refractivity contribution in [2.45, 2.75) is 209 Å². The molecule has 248 valence electrons. The minimum absolute atomic E-state index is 0. The Balaban J connectivity index is -0.00000000433. The van der Waals surface area contributed by atoms with Crippen molar-refractivity contribution in [1.29, 1.82) is 0 Å². The molecule has 0 aromatic carbocycles. The van der Waals surface area contributed by atoms with Crippen molar-refractivity contribution in [2.75, 3.05) is 0 Å². The highest BCUT2D eigenvalue weighted by Crippen LogP contribution is 1.81. The third-order valence-electron chi connectivity index (χ3n) is 0. The van der Waals surface area contributed by atoms with Crippen molar-refractivity contribution in [3.8, 4) is 0 Å². The lowest BCUT2D eigenvalue weighted by atomic mass is 10.3. The van der Waals surface area contributed by atoms with Gasteiger partial charge in [-0.3, -0.25) is 0 Å². The molecule has 6 heteroatoms. The minimum atomic E-state index is -0.167. The molecule has 38 heavy (non-hydrogen) atoms. The van der Waals surface area contributed by atoms with Gasteiger partial charge in [-0.1, -0.05) is 183 Å². The van der Waals surface area contributed by atoms with Crippen LogP contribution in [0.3, 0.4) is 0 Å². The van der Waals surface area contributed by atoms with E-state index in [-0.39, 0.29) is 76.9 Å². The fourth-order valence-corrected chi connectivity index (χ4v) is 0. The molecular formula is C32H96B4O2. The fourth-order valence-electron chi connectivity index (χ4n) is 0. The van der Waals surface area contributed by atoms with E-state index in [2.05, 4.69) is 20.8 Å². The Hall–Kier alpha value is -0.110. The summed E-state index contributed by atoms with van der Waals surface area (Å²) in [7, 11) is 0. The predicted octanol–water partition coefficient (Wildman–Crippen LogP) is 13.1. The van der Waals surface area contributed by atoms with Crippen molar-refractivity contribution < 1.29 is 9.90 Å². The second-order valence-corrected chi connectivity index (χ2v) is 3.06. The average Bonchev–Trinajstić information content (AvgIpc) is 2.80. The predicted molar refractivity (Wildman–Crippen MR) is 208 cm³/mol. The summed E-state index contributed by atoms with van der Waals surface area (Å²) in [6.45, 7) is 47.4. The Labute approximate surface area is 264 Å². The molecule has 0 heterocycles. The van der Waals surface area contributed by atoms with Crippen LogP contribution in [0, 0.1) is 5.92 Å². The molecule has 2 nitrogen and oxygen atoms in total. The number of hydrogen-bond donors (Lipinski definition) is 1. The molecule has 0 unspecified atom stereocenters. The molecule has 0 rings (SSSR count). The molecule has 12 radical (unpaired) electrons. The summed E-state index contributed by atoms with van der Waals surface area (Å²) in [5.74, 6) is 0.833. The summed E-state index contributed by atoms with van der Waals surface area (Å²) in [6, 6.07) is 0. The number of aliphatic hydroxyl groups is 1. The molecule has 0 aromatic heterocycles. The van der Waals surface area contributed by atoms with Crippen molar-refractivity contribution in [3.63, 3.8) is 0 Å². The number of hydrogen-bond acceptors (Lipinski definition) is 2. The Kier molecular flexibility index (Phi) is 4760. The molecule has 0 spiro atoms. The smallest absolute Gasteiger partial charge is 0.116 e. The van der Waals surface area contributed by atoms with Crippen molar-refractivity contribution >= 4 is 39.9 Å². The van der Waals surface area contributed by atoms with Gasteiger partial charge in [-0.05, 0) is 26.7 Å². The van der Waals surface area contributed by atoms with E-state index in [1.807, 2.05) is 125 Å². The molecule has 0 fully saturated rings. The first kappa shape index (κ1) is 181. The van der Waals surface area contributed by atoms with Crippen LogP contribution in [-0.4, -0.2) is 51.1 Å². The molecule has 0 aromatic rings. The monoisotopic (exact) mass is 557 g/mol. The van der Waals surface area contributed by atoms with Crippen molar-refractivity contribution in [3.05, 3.63) is 0 Å². The minimum Gasteiger partial charge on any atom is -0.394 e. The highest BCUT2D eigenvalue weighted by atomic mass is 16.3. The normalized spacial score (nSPS) is 3.66. The zero-order valence-corrected chi connectivity index (χ0v) is 28.9. The van der Waals surface area contributed by atoms with Crippen LogP contribution in [0.2, 0.25) is 0 Å². The lowest BCUT2D eigenvalue weighted by molar-refractivity contribution is -0.106. The summed E-state index contributed by atoms with van der Waals surface area (Å²) >= 11 is 0.